The van der Waals surface area contributed by atoms with E-state index in [2.05, 4.69) is 5.32 Å². The molecule has 134 valence electrons. The zero-order valence-corrected chi connectivity index (χ0v) is 15.6. The molecule has 5 nitrogen and oxygen atoms in total. The minimum atomic E-state index is -0.154. The van der Waals surface area contributed by atoms with Gasteiger partial charge in [0.05, 0.1) is 17.2 Å². The largest absolute Gasteiger partial charge is 0.383 e. The number of benzene rings is 1. The average molecular weight is 367 g/mol. The molecule has 1 aromatic carbocycles. The SMILES string of the molecule is COCC(C)NC(=O)/C=C/c1cn(-c2ccccc2)nc1-c1cccs1. The number of hydrogen-bond donors (Lipinski definition) is 1. The van der Waals surface area contributed by atoms with Crippen LogP contribution in [0.2, 0.25) is 0 Å². The fourth-order valence-corrected chi connectivity index (χ4v) is 3.31. The molecule has 0 saturated heterocycles. The van der Waals surface area contributed by atoms with E-state index in [1.807, 2.05) is 65.6 Å². The maximum atomic E-state index is 12.1. The summed E-state index contributed by atoms with van der Waals surface area (Å²) in [5.74, 6) is -0.154. The van der Waals surface area contributed by atoms with Gasteiger partial charge < -0.3 is 10.1 Å². The number of methoxy groups -OCH3 is 1. The van der Waals surface area contributed by atoms with Gasteiger partial charge in [-0.15, -0.1) is 11.3 Å². The number of thiophene rings is 1. The van der Waals surface area contributed by atoms with Gasteiger partial charge in [-0.05, 0) is 36.6 Å². The molecule has 1 amide bonds. The first kappa shape index (κ1) is 18.1. The maximum absolute atomic E-state index is 12.1. The van der Waals surface area contributed by atoms with E-state index in [1.54, 1.807) is 24.5 Å². The lowest BCUT2D eigenvalue weighted by Gasteiger charge is -2.10. The van der Waals surface area contributed by atoms with Gasteiger partial charge in [0, 0.05) is 31.0 Å². The molecule has 3 rings (SSSR count). The van der Waals surface area contributed by atoms with E-state index in [-0.39, 0.29) is 11.9 Å². The van der Waals surface area contributed by atoms with Gasteiger partial charge in [0.2, 0.25) is 5.91 Å². The molecule has 26 heavy (non-hydrogen) atoms. The van der Waals surface area contributed by atoms with Gasteiger partial charge in [-0.1, -0.05) is 24.3 Å². The van der Waals surface area contributed by atoms with Crippen LogP contribution in [0.4, 0.5) is 0 Å². The Labute approximate surface area is 156 Å². The Kier molecular flexibility index (Phi) is 5.99. The number of carbonyl (C=O) groups is 1. The maximum Gasteiger partial charge on any atom is 0.244 e. The number of hydrogen-bond acceptors (Lipinski definition) is 4. The van der Waals surface area contributed by atoms with Crippen molar-refractivity contribution < 1.29 is 9.53 Å². The molecule has 1 N–H and O–H groups in total. The zero-order valence-electron chi connectivity index (χ0n) is 14.8. The molecular weight excluding hydrogens is 346 g/mol. The van der Waals surface area contributed by atoms with Crippen molar-refractivity contribution in [1.29, 1.82) is 0 Å². The first-order valence-corrected chi connectivity index (χ1v) is 9.22. The molecule has 0 radical (unpaired) electrons. The highest BCUT2D eigenvalue weighted by Crippen LogP contribution is 2.28. The minimum Gasteiger partial charge on any atom is -0.383 e. The van der Waals surface area contributed by atoms with Crippen molar-refractivity contribution >= 4 is 23.3 Å². The number of para-hydroxylation sites is 1. The van der Waals surface area contributed by atoms with Crippen LogP contribution in [0, 0.1) is 0 Å². The van der Waals surface area contributed by atoms with Crippen LogP contribution in [0.1, 0.15) is 12.5 Å². The van der Waals surface area contributed by atoms with Gasteiger partial charge in [-0.25, -0.2) is 4.68 Å². The normalized spacial score (nSPS) is 12.4. The number of amides is 1. The van der Waals surface area contributed by atoms with E-state index < -0.39 is 0 Å². The van der Waals surface area contributed by atoms with Crippen molar-refractivity contribution in [2.45, 2.75) is 13.0 Å². The third-order valence-corrected chi connectivity index (χ3v) is 4.61. The first-order valence-electron chi connectivity index (χ1n) is 8.34. The molecule has 0 saturated carbocycles. The van der Waals surface area contributed by atoms with Crippen LogP contribution in [0.3, 0.4) is 0 Å². The van der Waals surface area contributed by atoms with E-state index in [0.29, 0.717) is 6.61 Å². The van der Waals surface area contributed by atoms with Crippen LogP contribution >= 0.6 is 11.3 Å². The van der Waals surface area contributed by atoms with Crippen LogP contribution in [0.5, 0.6) is 0 Å². The third kappa shape index (κ3) is 4.47. The van der Waals surface area contributed by atoms with E-state index >= 15 is 0 Å². The summed E-state index contributed by atoms with van der Waals surface area (Å²) in [6, 6.07) is 13.9. The van der Waals surface area contributed by atoms with Crippen molar-refractivity contribution in [2.75, 3.05) is 13.7 Å². The highest BCUT2D eigenvalue weighted by molar-refractivity contribution is 7.13. The predicted molar refractivity (Wildman–Crippen MR) is 105 cm³/mol. The molecule has 2 aromatic heterocycles. The zero-order chi connectivity index (χ0) is 18.4. The predicted octanol–water partition coefficient (Wildman–Crippen LogP) is 3.77. The Morgan fingerprint density at radius 2 is 2.12 bits per heavy atom. The molecule has 1 unspecified atom stereocenters. The van der Waals surface area contributed by atoms with E-state index in [0.717, 1.165) is 21.8 Å². The summed E-state index contributed by atoms with van der Waals surface area (Å²) in [6.45, 7) is 2.38. The van der Waals surface area contributed by atoms with Crippen molar-refractivity contribution in [3.63, 3.8) is 0 Å². The molecule has 2 heterocycles. The summed E-state index contributed by atoms with van der Waals surface area (Å²) in [6.07, 6.45) is 5.28. The first-order chi connectivity index (χ1) is 12.7. The van der Waals surface area contributed by atoms with Gasteiger partial charge in [0.25, 0.3) is 0 Å². The summed E-state index contributed by atoms with van der Waals surface area (Å²) < 4.78 is 6.87. The van der Waals surface area contributed by atoms with Crippen molar-refractivity contribution in [3.8, 4) is 16.3 Å². The lowest BCUT2D eigenvalue weighted by Crippen LogP contribution is -2.34. The molecular formula is C20H21N3O2S. The molecule has 0 aliphatic heterocycles. The average Bonchev–Trinajstić information content (AvgIpc) is 3.30. The number of nitrogens with zero attached hydrogens (tertiary/aromatic N) is 2. The van der Waals surface area contributed by atoms with Gasteiger partial charge in [-0.3, -0.25) is 4.79 Å². The van der Waals surface area contributed by atoms with Gasteiger partial charge in [0.1, 0.15) is 5.69 Å². The van der Waals surface area contributed by atoms with E-state index in [1.165, 1.54) is 6.08 Å². The van der Waals surface area contributed by atoms with Gasteiger partial charge in [-0.2, -0.15) is 5.10 Å². The summed E-state index contributed by atoms with van der Waals surface area (Å²) in [7, 11) is 1.61. The highest BCUT2D eigenvalue weighted by atomic mass is 32.1. The fraction of sp³-hybridized carbons (Fsp3) is 0.200. The Hall–Kier alpha value is -2.70. The topological polar surface area (TPSA) is 56.1 Å². The molecule has 0 spiro atoms. The van der Waals surface area contributed by atoms with Crippen molar-refractivity contribution in [2.24, 2.45) is 0 Å². The van der Waals surface area contributed by atoms with Crippen LogP contribution in [0.15, 0.2) is 60.1 Å². The third-order valence-electron chi connectivity index (χ3n) is 3.74. The van der Waals surface area contributed by atoms with Crippen molar-refractivity contribution in [1.82, 2.24) is 15.1 Å². The van der Waals surface area contributed by atoms with Crippen LogP contribution in [0.25, 0.3) is 22.3 Å². The second kappa shape index (κ2) is 8.60. The summed E-state index contributed by atoms with van der Waals surface area (Å²) in [4.78, 5) is 13.2. The van der Waals surface area contributed by atoms with E-state index in [9.17, 15) is 4.79 Å². The molecule has 0 aliphatic rings. The van der Waals surface area contributed by atoms with E-state index in [4.69, 9.17) is 9.84 Å². The Morgan fingerprint density at radius 3 is 2.81 bits per heavy atom. The van der Waals surface area contributed by atoms with Crippen LogP contribution < -0.4 is 5.32 Å². The lowest BCUT2D eigenvalue weighted by atomic mass is 10.2. The molecule has 1 atom stereocenters. The standard InChI is InChI=1S/C20H21N3O2S/c1-15(14-25-2)21-19(24)11-10-16-13-23(17-7-4-3-5-8-17)22-20(16)18-9-6-12-26-18/h3-13,15H,14H2,1-2H3,(H,21,24)/b11-10+. The number of ether oxygens (including phenoxy) is 1. The molecule has 0 fully saturated rings. The lowest BCUT2D eigenvalue weighted by molar-refractivity contribution is -0.117. The smallest absolute Gasteiger partial charge is 0.244 e. The van der Waals surface area contributed by atoms with Crippen molar-refractivity contribution in [3.05, 3.63) is 65.7 Å². The summed E-state index contributed by atoms with van der Waals surface area (Å²) >= 11 is 1.62. The van der Waals surface area contributed by atoms with Crippen LogP contribution in [-0.2, 0) is 9.53 Å². The minimum absolute atomic E-state index is 0.0408. The second-order valence-corrected chi connectivity index (χ2v) is 6.84. The highest BCUT2D eigenvalue weighted by Gasteiger charge is 2.12. The monoisotopic (exact) mass is 367 g/mol. The number of aromatic nitrogens is 2. The fourth-order valence-electron chi connectivity index (χ4n) is 2.58. The second-order valence-electron chi connectivity index (χ2n) is 5.89. The molecule has 0 aliphatic carbocycles. The number of carbonyl (C=O) groups excluding carboxylic acids is 1. The molecule has 0 bridgehead atoms. The van der Waals surface area contributed by atoms with Gasteiger partial charge >= 0.3 is 0 Å². The Morgan fingerprint density at radius 1 is 1.31 bits per heavy atom. The Bertz CT molecular complexity index is 870. The summed E-state index contributed by atoms with van der Waals surface area (Å²) in [5, 5.41) is 9.60. The van der Waals surface area contributed by atoms with Crippen LogP contribution in [-0.4, -0.2) is 35.4 Å². The quantitative estimate of drug-likeness (QED) is 0.647. The number of nitrogens with one attached hydrogen (secondary N) is 1. The summed E-state index contributed by atoms with van der Waals surface area (Å²) in [5.41, 5.74) is 2.73. The molecule has 6 heteroatoms. The number of rotatable bonds is 7. The van der Waals surface area contributed by atoms with Gasteiger partial charge in [0.15, 0.2) is 0 Å². The molecule has 3 aromatic rings. The Balaban J connectivity index is 1.87.